The number of piperidine rings is 1. The fourth-order valence-corrected chi connectivity index (χ4v) is 3.87. The second kappa shape index (κ2) is 10.3. The molecule has 0 atom stereocenters. The second-order valence-electron chi connectivity index (χ2n) is 8.04. The predicted octanol–water partition coefficient (Wildman–Crippen LogP) is 3.61. The summed E-state index contributed by atoms with van der Waals surface area (Å²) in [7, 11) is 1.75. The number of nitroso groups, excluding NO2 is 1. The summed E-state index contributed by atoms with van der Waals surface area (Å²) >= 11 is 0. The van der Waals surface area contributed by atoms with E-state index in [9.17, 15) is 4.91 Å². The van der Waals surface area contributed by atoms with Gasteiger partial charge in [-0.25, -0.2) is 4.98 Å². The maximum absolute atomic E-state index is 11.7. The molecule has 2 N–H and O–H groups in total. The summed E-state index contributed by atoms with van der Waals surface area (Å²) in [4.78, 5) is 27.2. The van der Waals surface area contributed by atoms with Crippen LogP contribution in [0.25, 0.3) is 11.0 Å². The third kappa shape index (κ3) is 5.66. The molecule has 1 aromatic heterocycles. The first-order valence-corrected chi connectivity index (χ1v) is 10.6. The van der Waals surface area contributed by atoms with E-state index in [1.807, 2.05) is 37.4 Å². The van der Waals surface area contributed by atoms with Gasteiger partial charge in [0.1, 0.15) is 11.4 Å². The van der Waals surface area contributed by atoms with Crippen molar-refractivity contribution in [2.75, 3.05) is 38.1 Å². The summed E-state index contributed by atoms with van der Waals surface area (Å²) in [6, 6.07) is 7.85. The number of nitrogens with zero attached hydrogens (tertiary/aromatic N) is 5. The fraction of sp³-hybridized carbons (Fsp3) is 0.545. The molecule has 0 bridgehead atoms. The molecule has 0 spiro atoms. The monoisotopic (exact) mass is 409 g/mol. The first-order valence-electron chi connectivity index (χ1n) is 10.6. The van der Waals surface area contributed by atoms with Crippen LogP contribution in [0.15, 0.2) is 40.6 Å². The average Bonchev–Trinajstić information content (AvgIpc) is 2.78. The van der Waals surface area contributed by atoms with Gasteiger partial charge >= 0.3 is 0 Å². The number of hydrogen-bond acceptors (Lipinski definition) is 8. The van der Waals surface area contributed by atoms with E-state index in [1.165, 1.54) is 0 Å². The molecule has 1 aliphatic rings. The zero-order valence-corrected chi connectivity index (χ0v) is 17.9. The Bertz CT molecular complexity index is 903. The zero-order valence-electron chi connectivity index (χ0n) is 17.9. The number of aliphatic imine (C=N–C) groups is 1. The van der Waals surface area contributed by atoms with Crippen LogP contribution in [0.5, 0.6) is 0 Å². The van der Waals surface area contributed by atoms with Gasteiger partial charge < -0.3 is 15.6 Å². The molecule has 0 aliphatic carbocycles. The fourth-order valence-electron chi connectivity index (χ4n) is 3.87. The van der Waals surface area contributed by atoms with Crippen molar-refractivity contribution in [1.29, 1.82) is 5.41 Å². The van der Waals surface area contributed by atoms with Crippen molar-refractivity contribution in [3.8, 4) is 0 Å². The number of para-hydroxylation sites is 2. The van der Waals surface area contributed by atoms with Gasteiger partial charge in [-0.05, 0) is 51.3 Å². The number of aromatic nitrogens is 2. The molecule has 30 heavy (non-hydrogen) atoms. The normalized spacial score (nSPS) is 16.6. The highest BCUT2D eigenvalue weighted by molar-refractivity contribution is 6.02. The summed E-state index contributed by atoms with van der Waals surface area (Å²) in [6.45, 7) is 4.79. The molecule has 0 radical (unpaired) electrons. The van der Waals surface area contributed by atoms with Gasteiger partial charge in [0.05, 0.1) is 17.2 Å². The zero-order chi connectivity index (χ0) is 21.4. The van der Waals surface area contributed by atoms with Crippen LogP contribution >= 0.6 is 0 Å². The third-order valence-corrected chi connectivity index (χ3v) is 5.83. The van der Waals surface area contributed by atoms with Crippen LogP contribution < -0.4 is 10.2 Å². The van der Waals surface area contributed by atoms with Crippen LogP contribution in [-0.2, 0) is 0 Å². The van der Waals surface area contributed by atoms with E-state index in [-0.39, 0.29) is 0 Å². The first-order chi connectivity index (χ1) is 14.5. The average molecular weight is 410 g/mol. The SMILES string of the molecule is CN=C(C)CC(=N)CNCCCC1(N=O)CCN(c2cnc3ccccc3n2)CC1. The molecule has 2 aromatic rings. The van der Waals surface area contributed by atoms with Crippen LogP contribution in [0.1, 0.15) is 39.0 Å². The van der Waals surface area contributed by atoms with Crippen molar-refractivity contribution in [3.63, 3.8) is 0 Å². The Morgan fingerprint density at radius 2 is 2.00 bits per heavy atom. The van der Waals surface area contributed by atoms with Gasteiger partial charge in [-0.3, -0.25) is 9.98 Å². The Kier molecular flexibility index (Phi) is 7.57. The number of hydrogen-bond donors (Lipinski definition) is 2. The van der Waals surface area contributed by atoms with Crippen molar-refractivity contribution >= 4 is 28.3 Å². The van der Waals surface area contributed by atoms with Crippen LogP contribution in [0.3, 0.4) is 0 Å². The highest BCUT2D eigenvalue weighted by atomic mass is 16.3. The number of benzene rings is 1. The van der Waals surface area contributed by atoms with Gasteiger partial charge in [0.2, 0.25) is 0 Å². The molecule has 8 heteroatoms. The van der Waals surface area contributed by atoms with Gasteiger partial charge in [-0.2, -0.15) is 4.91 Å². The molecule has 2 heterocycles. The summed E-state index contributed by atoms with van der Waals surface area (Å²) in [5.41, 5.74) is 2.87. The molecular weight excluding hydrogens is 378 g/mol. The minimum atomic E-state index is -0.499. The van der Waals surface area contributed by atoms with Crippen LogP contribution in [-0.4, -0.2) is 60.2 Å². The van der Waals surface area contributed by atoms with Crippen molar-refractivity contribution < 1.29 is 0 Å². The van der Waals surface area contributed by atoms with Crippen LogP contribution in [0.2, 0.25) is 0 Å². The minimum Gasteiger partial charge on any atom is -0.355 e. The van der Waals surface area contributed by atoms with Gasteiger partial charge in [0.15, 0.2) is 0 Å². The summed E-state index contributed by atoms with van der Waals surface area (Å²) in [6.07, 6.45) is 5.52. The smallest absolute Gasteiger partial charge is 0.147 e. The molecule has 3 rings (SSSR count). The highest BCUT2D eigenvalue weighted by Gasteiger charge is 2.36. The lowest BCUT2D eigenvalue weighted by atomic mass is 9.84. The lowest BCUT2D eigenvalue weighted by molar-refractivity contribution is 0.304. The number of rotatable bonds is 10. The van der Waals surface area contributed by atoms with E-state index in [4.69, 9.17) is 10.4 Å². The van der Waals surface area contributed by atoms with Gasteiger partial charge in [-0.15, -0.1) is 0 Å². The Labute approximate surface area is 177 Å². The Hall–Kier alpha value is -2.74. The maximum Gasteiger partial charge on any atom is 0.147 e. The Morgan fingerprint density at radius 3 is 2.70 bits per heavy atom. The van der Waals surface area contributed by atoms with Gasteiger partial charge in [0, 0.05) is 44.5 Å². The number of fused-ring (bicyclic) bond motifs is 1. The summed E-state index contributed by atoms with van der Waals surface area (Å²) < 4.78 is 0. The Morgan fingerprint density at radius 1 is 1.27 bits per heavy atom. The van der Waals surface area contributed by atoms with E-state index < -0.39 is 5.54 Å². The third-order valence-electron chi connectivity index (χ3n) is 5.83. The minimum absolute atomic E-state index is 0.499. The molecule has 8 nitrogen and oxygen atoms in total. The number of nitrogens with one attached hydrogen (secondary N) is 2. The molecule has 0 unspecified atom stereocenters. The molecule has 1 fully saturated rings. The molecular formula is C22H31N7O. The van der Waals surface area contributed by atoms with E-state index in [0.29, 0.717) is 18.7 Å². The van der Waals surface area contributed by atoms with Crippen molar-refractivity contribution in [2.24, 2.45) is 10.2 Å². The van der Waals surface area contributed by atoms with Crippen LogP contribution in [0.4, 0.5) is 5.82 Å². The largest absolute Gasteiger partial charge is 0.355 e. The van der Waals surface area contributed by atoms with Crippen molar-refractivity contribution in [3.05, 3.63) is 35.4 Å². The van der Waals surface area contributed by atoms with Crippen molar-refractivity contribution in [2.45, 2.75) is 44.6 Å². The quantitative estimate of drug-likeness (QED) is 0.354. The molecule has 0 saturated carbocycles. The second-order valence-corrected chi connectivity index (χ2v) is 8.04. The summed E-state index contributed by atoms with van der Waals surface area (Å²) in [5, 5.41) is 14.8. The van der Waals surface area contributed by atoms with E-state index in [2.05, 4.69) is 25.4 Å². The predicted molar refractivity (Wildman–Crippen MR) is 123 cm³/mol. The molecule has 1 aliphatic heterocycles. The lowest BCUT2D eigenvalue weighted by Gasteiger charge is -2.37. The highest BCUT2D eigenvalue weighted by Crippen LogP contribution is 2.32. The van der Waals surface area contributed by atoms with Crippen molar-refractivity contribution in [1.82, 2.24) is 15.3 Å². The topological polar surface area (TPSA) is 107 Å². The number of anilines is 1. The summed E-state index contributed by atoms with van der Waals surface area (Å²) in [5.74, 6) is 0.860. The maximum atomic E-state index is 11.7. The first kappa shape index (κ1) is 22.0. The van der Waals surface area contributed by atoms with E-state index >= 15 is 0 Å². The van der Waals surface area contributed by atoms with Gasteiger partial charge in [0.25, 0.3) is 0 Å². The molecule has 1 saturated heterocycles. The molecule has 1 aromatic carbocycles. The lowest BCUT2D eigenvalue weighted by Crippen LogP contribution is -2.44. The van der Waals surface area contributed by atoms with Gasteiger partial charge in [-0.1, -0.05) is 17.3 Å². The van der Waals surface area contributed by atoms with E-state index in [0.717, 1.165) is 67.9 Å². The van der Waals surface area contributed by atoms with E-state index in [1.54, 1.807) is 7.05 Å². The Balaban J connectivity index is 1.45. The van der Waals surface area contributed by atoms with Crippen LogP contribution in [0, 0.1) is 10.3 Å². The molecule has 160 valence electrons. The standard InChI is InChI=1S/C22H31N7O/c1-17(24-2)14-18(23)15-25-11-5-8-22(28-30)9-12-29(13-10-22)21-16-26-19-6-3-4-7-20(19)27-21/h3-4,6-7,16,23,25H,5,8-15H2,1-2H3. The molecule has 0 amide bonds.